The lowest BCUT2D eigenvalue weighted by Gasteiger charge is -1.97. The van der Waals surface area contributed by atoms with Crippen molar-refractivity contribution in [3.63, 3.8) is 0 Å². The van der Waals surface area contributed by atoms with Crippen molar-refractivity contribution >= 4 is 11.3 Å². The Hall–Kier alpha value is -0.380. The van der Waals surface area contributed by atoms with Crippen molar-refractivity contribution in [2.75, 3.05) is 7.11 Å². The van der Waals surface area contributed by atoms with Gasteiger partial charge in [-0.3, -0.25) is 0 Å². The molecule has 2 N–H and O–H groups in total. The third-order valence-corrected chi connectivity index (χ3v) is 2.85. The smallest absolute Gasteiger partial charge is 0.0808 e. The molecule has 0 bridgehead atoms. The second-order valence-corrected chi connectivity index (χ2v) is 3.41. The molecule has 0 saturated carbocycles. The summed E-state index contributed by atoms with van der Waals surface area (Å²) < 4.78 is 5.04. The summed E-state index contributed by atoms with van der Waals surface area (Å²) in [6, 6.07) is 0. The maximum absolute atomic E-state index is 5.53. The van der Waals surface area contributed by atoms with Gasteiger partial charge in [-0.2, -0.15) is 0 Å². The van der Waals surface area contributed by atoms with Gasteiger partial charge in [-0.05, 0) is 23.4 Å². The molecule has 1 aromatic heterocycles. The van der Waals surface area contributed by atoms with E-state index in [4.69, 9.17) is 10.5 Å². The number of nitrogens with two attached hydrogens (primary N) is 1. The molecule has 0 fully saturated rings. The zero-order valence-corrected chi connectivity index (χ0v) is 7.70. The van der Waals surface area contributed by atoms with E-state index in [0.29, 0.717) is 13.2 Å². The Labute approximate surface area is 71.0 Å². The van der Waals surface area contributed by atoms with Crippen LogP contribution in [-0.4, -0.2) is 7.11 Å². The van der Waals surface area contributed by atoms with Gasteiger partial charge in [0.25, 0.3) is 0 Å². The Bertz CT molecular complexity index is 232. The summed E-state index contributed by atoms with van der Waals surface area (Å²) in [5.41, 5.74) is 8.06. The van der Waals surface area contributed by atoms with E-state index in [9.17, 15) is 0 Å². The van der Waals surface area contributed by atoms with Crippen molar-refractivity contribution in [1.82, 2.24) is 0 Å². The summed E-state index contributed by atoms with van der Waals surface area (Å²) in [5, 5.41) is 2.10. The zero-order chi connectivity index (χ0) is 8.27. The molecular formula is C8H13NOS. The number of hydrogen-bond acceptors (Lipinski definition) is 3. The van der Waals surface area contributed by atoms with Crippen LogP contribution in [0.2, 0.25) is 0 Å². The first-order valence-electron chi connectivity index (χ1n) is 3.54. The summed E-state index contributed by atoms with van der Waals surface area (Å²) in [7, 11) is 1.71. The highest BCUT2D eigenvalue weighted by Crippen LogP contribution is 2.21. The number of hydrogen-bond donors (Lipinski definition) is 1. The molecular weight excluding hydrogens is 158 g/mol. The average molecular weight is 171 g/mol. The molecule has 11 heavy (non-hydrogen) atoms. The monoisotopic (exact) mass is 171 g/mol. The van der Waals surface area contributed by atoms with Gasteiger partial charge in [-0.15, -0.1) is 11.3 Å². The van der Waals surface area contributed by atoms with E-state index >= 15 is 0 Å². The maximum Gasteiger partial charge on any atom is 0.0808 e. The van der Waals surface area contributed by atoms with Crippen LogP contribution in [-0.2, 0) is 17.9 Å². The first kappa shape index (κ1) is 8.71. The lowest BCUT2D eigenvalue weighted by atomic mass is 10.2. The number of ether oxygens (including phenoxy) is 1. The Morgan fingerprint density at radius 2 is 2.36 bits per heavy atom. The molecule has 0 aromatic carbocycles. The van der Waals surface area contributed by atoms with Crippen molar-refractivity contribution in [2.45, 2.75) is 20.1 Å². The molecule has 1 rings (SSSR count). The lowest BCUT2D eigenvalue weighted by Crippen LogP contribution is -1.97. The van der Waals surface area contributed by atoms with E-state index in [0.717, 1.165) is 0 Å². The Morgan fingerprint density at radius 1 is 1.64 bits per heavy atom. The Morgan fingerprint density at radius 3 is 2.82 bits per heavy atom. The van der Waals surface area contributed by atoms with Crippen molar-refractivity contribution in [2.24, 2.45) is 5.73 Å². The number of rotatable bonds is 3. The minimum Gasteiger partial charge on any atom is -0.379 e. The molecule has 0 aliphatic rings. The molecule has 0 unspecified atom stereocenters. The van der Waals surface area contributed by atoms with Gasteiger partial charge >= 0.3 is 0 Å². The van der Waals surface area contributed by atoms with Crippen molar-refractivity contribution in [3.05, 3.63) is 21.4 Å². The SMILES string of the molecule is COCc1scc(CN)c1C. The first-order valence-corrected chi connectivity index (χ1v) is 4.42. The van der Waals surface area contributed by atoms with Gasteiger partial charge in [0.15, 0.2) is 0 Å². The highest BCUT2D eigenvalue weighted by molar-refractivity contribution is 7.10. The van der Waals surface area contributed by atoms with Gasteiger partial charge in [-0.25, -0.2) is 0 Å². The molecule has 0 atom stereocenters. The fourth-order valence-corrected chi connectivity index (χ4v) is 2.02. The number of thiophene rings is 1. The van der Waals surface area contributed by atoms with Crippen LogP contribution in [0.1, 0.15) is 16.0 Å². The highest BCUT2D eigenvalue weighted by Gasteiger charge is 2.04. The van der Waals surface area contributed by atoms with Gasteiger partial charge < -0.3 is 10.5 Å². The Balaban J connectivity index is 2.82. The third kappa shape index (κ3) is 1.80. The van der Waals surface area contributed by atoms with Crippen LogP contribution in [0.4, 0.5) is 0 Å². The minimum atomic E-state index is 0.631. The normalized spacial score (nSPS) is 10.5. The van der Waals surface area contributed by atoms with E-state index in [-0.39, 0.29) is 0 Å². The highest BCUT2D eigenvalue weighted by atomic mass is 32.1. The first-order chi connectivity index (χ1) is 5.29. The molecule has 0 amide bonds. The molecule has 0 radical (unpaired) electrons. The zero-order valence-electron chi connectivity index (χ0n) is 6.89. The molecule has 0 aliphatic carbocycles. The quantitative estimate of drug-likeness (QED) is 0.750. The van der Waals surface area contributed by atoms with E-state index < -0.39 is 0 Å². The summed E-state index contributed by atoms with van der Waals surface area (Å²) in [6.07, 6.45) is 0. The largest absolute Gasteiger partial charge is 0.379 e. The predicted octanol–water partition coefficient (Wildman–Crippen LogP) is 1.66. The topological polar surface area (TPSA) is 35.2 Å². The van der Waals surface area contributed by atoms with E-state index in [1.807, 2.05) is 0 Å². The van der Waals surface area contributed by atoms with Crippen molar-refractivity contribution in [1.29, 1.82) is 0 Å². The molecule has 3 heteroatoms. The van der Waals surface area contributed by atoms with Crippen LogP contribution in [0.15, 0.2) is 5.38 Å². The van der Waals surface area contributed by atoms with Gasteiger partial charge in [0, 0.05) is 18.5 Å². The molecule has 1 heterocycles. The van der Waals surface area contributed by atoms with Crippen molar-refractivity contribution < 1.29 is 4.74 Å². The summed E-state index contributed by atoms with van der Waals surface area (Å²) >= 11 is 1.72. The molecule has 0 saturated heterocycles. The third-order valence-electron chi connectivity index (χ3n) is 1.74. The van der Waals surface area contributed by atoms with Gasteiger partial charge in [0.05, 0.1) is 6.61 Å². The van der Waals surface area contributed by atoms with Crippen LogP contribution >= 0.6 is 11.3 Å². The molecule has 2 nitrogen and oxygen atoms in total. The van der Waals surface area contributed by atoms with Crippen molar-refractivity contribution in [3.8, 4) is 0 Å². The summed E-state index contributed by atoms with van der Waals surface area (Å²) in [4.78, 5) is 1.29. The lowest BCUT2D eigenvalue weighted by molar-refractivity contribution is 0.187. The van der Waals surface area contributed by atoms with Crippen LogP contribution in [0, 0.1) is 6.92 Å². The fourth-order valence-electron chi connectivity index (χ4n) is 0.973. The summed E-state index contributed by atoms with van der Waals surface area (Å²) in [6.45, 7) is 3.43. The standard InChI is InChI=1S/C8H13NOS/c1-6-7(3-9)5-11-8(6)4-10-2/h5H,3-4,9H2,1-2H3. The predicted molar refractivity (Wildman–Crippen MR) is 47.7 cm³/mol. The minimum absolute atomic E-state index is 0.631. The second-order valence-electron chi connectivity index (χ2n) is 2.45. The Kier molecular flexibility index (Phi) is 3.05. The van der Waals surface area contributed by atoms with Crippen LogP contribution in [0.25, 0.3) is 0 Å². The molecule has 1 aromatic rings. The van der Waals surface area contributed by atoms with Gasteiger partial charge in [-0.1, -0.05) is 0 Å². The maximum atomic E-state index is 5.53. The number of methoxy groups -OCH3 is 1. The van der Waals surface area contributed by atoms with Crippen LogP contribution < -0.4 is 5.73 Å². The fraction of sp³-hybridized carbons (Fsp3) is 0.500. The molecule has 0 spiro atoms. The molecule has 62 valence electrons. The van der Waals surface area contributed by atoms with Gasteiger partial charge in [0.2, 0.25) is 0 Å². The average Bonchev–Trinajstić information content (AvgIpc) is 2.34. The summed E-state index contributed by atoms with van der Waals surface area (Å²) in [5.74, 6) is 0. The van der Waals surface area contributed by atoms with Crippen LogP contribution in [0.5, 0.6) is 0 Å². The van der Waals surface area contributed by atoms with E-state index in [1.165, 1.54) is 16.0 Å². The molecule has 0 aliphatic heterocycles. The van der Waals surface area contributed by atoms with E-state index in [1.54, 1.807) is 18.4 Å². The second kappa shape index (κ2) is 3.85. The van der Waals surface area contributed by atoms with Gasteiger partial charge in [0.1, 0.15) is 0 Å². The van der Waals surface area contributed by atoms with E-state index in [2.05, 4.69) is 12.3 Å². The van der Waals surface area contributed by atoms with Crippen LogP contribution in [0.3, 0.4) is 0 Å².